The number of hydrogen-bond donors (Lipinski definition) is 0. The van der Waals surface area contributed by atoms with Crippen LogP contribution in [0.25, 0.3) is 0 Å². The molecule has 2 unspecified atom stereocenters. The highest BCUT2D eigenvalue weighted by atomic mass is 16.6. The number of carbonyl (C=O) groups is 1. The number of ether oxygens (including phenoxy) is 1. The van der Waals surface area contributed by atoms with Gasteiger partial charge in [0.25, 0.3) is 0 Å². The summed E-state index contributed by atoms with van der Waals surface area (Å²) in [7, 11) is 0. The minimum absolute atomic E-state index is 0.0228. The van der Waals surface area contributed by atoms with Crippen LogP contribution in [0.2, 0.25) is 0 Å². The molecular formula is C11H20O2. The molecule has 0 spiro atoms. The molecule has 2 nitrogen and oxygen atoms in total. The van der Waals surface area contributed by atoms with Crippen molar-refractivity contribution in [1.82, 2.24) is 0 Å². The fourth-order valence-electron chi connectivity index (χ4n) is 1.72. The van der Waals surface area contributed by atoms with Crippen molar-refractivity contribution >= 4 is 5.97 Å². The molecule has 2 heteroatoms. The molecule has 0 saturated carbocycles. The third-order valence-electron chi connectivity index (χ3n) is 2.80. The Bertz CT molecular complexity index is 157. The summed E-state index contributed by atoms with van der Waals surface area (Å²) in [4.78, 5) is 10.6. The smallest absolute Gasteiger partial charge is 0.309 e. The normalized spacial score (nSPS) is 23.5. The molecule has 1 saturated heterocycles. The molecule has 0 bridgehead atoms. The van der Waals surface area contributed by atoms with E-state index in [1.807, 2.05) is 0 Å². The highest BCUT2D eigenvalue weighted by Gasteiger charge is 2.32. The van der Waals surface area contributed by atoms with Crippen molar-refractivity contribution < 1.29 is 9.53 Å². The topological polar surface area (TPSA) is 26.3 Å². The first-order valence-corrected chi connectivity index (χ1v) is 5.43. The van der Waals surface area contributed by atoms with Crippen molar-refractivity contribution in [2.24, 2.45) is 5.92 Å². The number of cyclic esters (lactones) is 1. The minimum Gasteiger partial charge on any atom is -0.461 e. The zero-order valence-corrected chi connectivity index (χ0v) is 8.71. The zero-order valence-electron chi connectivity index (χ0n) is 8.71. The average molecular weight is 184 g/mol. The van der Waals surface area contributed by atoms with Crippen LogP contribution in [0.1, 0.15) is 52.4 Å². The molecule has 0 aromatic carbocycles. The molecule has 1 fully saturated rings. The second-order valence-corrected chi connectivity index (χ2v) is 4.06. The predicted molar refractivity (Wildman–Crippen MR) is 52.4 cm³/mol. The molecule has 0 aromatic heterocycles. The second kappa shape index (κ2) is 5.25. The Labute approximate surface area is 80.7 Å². The highest BCUT2D eigenvalue weighted by molar-refractivity contribution is 5.75. The molecule has 13 heavy (non-hydrogen) atoms. The summed E-state index contributed by atoms with van der Waals surface area (Å²) in [5, 5.41) is 0. The van der Waals surface area contributed by atoms with Gasteiger partial charge in [0.15, 0.2) is 0 Å². The summed E-state index contributed by atoms with van der Waals surface area (Å²) >= 11 is 0. The standard InChI is InChI=1S/C11H20O2/c1-3-4-5-6-7-9(2)10-8-11(12)13-10/h9-10H,3-8H2,1-2H3. The van der Waals surface area contributed by atoms with E-state index in [-0.39, 0.29) is 12.1 Å². The van der Waals surface area contributed by atoms with Crippen LogP contribution in [0.3, 0.4) is 0 Å². The van der Waals surface area contributed by atoms with Crippen molar-refractivity contribution in [1.29, 1.82) is 0 Å². The first-order chi connectivity index (χ1) is 6.24. The Kier molecular flexibility index (Phi) is 4.26. The van der Waals surface area contributed by atoms with Crippen molar-refractivity contribution in [3.8, 4) is 0 Å². The molecule has 0 amide bonds. The first-order valence-electron chi connectivity index (χ1n) is 5.43. The third-order valence-corrected chi connectivity index (χ3v) is 2.80. The van der Waals surface area contributed by atoms with E-state index in [4.69, 9.17) is 4.74 Å². The molecule has 0 radical (unpaired) electrons. The molecule has 0 N–H and O–H groups in total. The van der Waals surface area contributed by atoms with Crippen LogP contribution >= 0.6 is 0 Å². The third kappa shape index (κ3) is 3.37. The molecule has 1 rings (SSSR count). The van der Waals surface area contributed by atoms with Gasteiger partial charge in [0.05, 0.1) is 6.42 Å². The fraction of sp³-hybridized carbons (Fsp3) is 0.909. The minimum atomic E-state index is -0.0228. The van der Waals surface area contributed by atoms with Crippen LogP contribution in [-0.4, -0.2) is 12.1 Å². The predicted octanol–water partition coefficient (Wildman–Crippen LogP) is 2.91. The molecule has 0 aromatic rings. The van der Waals surface area contributed by atoms with Gasteiger partial charge in [-0.25, -0.2) is 0 Å². The molecule has 76 valence electrons. The van der Waals surface area contributed by atoms with Crippen molar-refractivity contribution in [3.05, 3.63) is 0 Å². The van der Waals surface area contributed by atoms with E-state index in [1.165, 1.54) is 32.1 Å². The SMILES string of the molecule is CCCCCCC(C)C1CC(=O)O1. The number of carbonyl (C=O) groups excluding carboxylic acids is 1. The van der Waals surface area contributed by atoms with Gasteiger partial charge in [0, 0.05) is 0 Å². The zero-order chi connectivity index (χ0) is 9.68. The van der Waals surface area contributed by atoms with Crippen LogP contribution in [-0.2, 0) is 9.53 Å². The van der Waals surface area contributed by atoms with E-state index in [1.54, 1.807) is 0 Å². The Morgan fingerprint density at radius 2 is 2.15 bits per heavy atom. The van der Waals surface area contributed by atoms with E-state index in [0.29, 0.717) is 12.3 Å². The Hall–Kier alpha value is -0.530. The Morgan fingerprint density at radius 3 is 2.69 bits per heavy atom. The lowest BCUT2D eigenvalue weighted by molar-refractivity contribution is -0.174. The summed E-state index contributed by atoms with van der Waals surface area (Å²) in [6.45, 7) is 4.40. The molecular weight excluding hydrogens is 164 g/mol. The van der Waals surface area contributed by atoms with Crippen LogP contribution in [0.4, 0.5) is 0 Å². The summed E-state index contributed by atoms with van der Waals surface area (Å²) < 4.78 is 5.02. The first kappa shape index (κ1) is 10.6. The van der Waals surface area contributed by atoms with Gasteiger partial charge in [0.2, 0.25) is 0 Å². The van der Waals surface area contributed by atoms with Gasteiger partial charge in [-0.2, -0.15) is 0 Å². The van der Waals surface area contributed by atoms with Crippen LogP contribution in [0.5, 0.6) is 0 Å². The fourth-order valence-corrected chi connectivity index (χ4v) is 1.72. The highest BCUT2D eigenvalue weighted by Crippen LogP contribution is 2.25. The van der Waals surface area contributed by atoms with Gasteiger partial charge in [0.1, 0.15) is 6.10 Å². The number of esters is 1. The van der Waals surface area contributed by atoms with E-state index in [2.05, 4.69) is 13.8 Å². The van der Waals surface area contributed by atoms with Crippen molar-refractivity contribution in [2.75, 3.05) is 0 Å². The van der Waals surface area contributed by atoms with Gasteiger partial charge < -0.3 is 4.74 Å². The van der Waals surface area contributed by atoms with Crippen LogP contribution < -0.4 is 0 Å². The van der Waals surface area contributed by atoms with Crippen LogP contribution in [0.15, 0.2) is 0 Å². The molecule has 2 atom stereocenters. The van der Waals surface area contributed by atoms with E-state index in [0.717, 1.165) is 0 Å². The summed E-state index contributed by atoms with van der Waals surface area (Å²) in [5.74, 6) is 0.542. The monoisotopic (exact) mass is 184 g/mol. The van der Waals surface area contributed by atoms with E-state index < -0.39 is 0 Å². The lowest BCUT2D eigenvalue weighted by Crippen LogP contribution is -2.37. The quantitative estimate of drug-likeness (QED) is 0.468. The van der Waals surface area contributed by atoms with Gasteiger partial charge in [-0.05, 0) is 12.3 Å². The van der Waals surface area contributed by atoms with Gasteiger partial charge in [-0.15, -0.1) is 0 Å². The number of unbranched alkanes of at least 4 members (excludes halogenated alkanes) is 3. The maximum Gasteiger partial charge on any atom is 0.309 e. The lowest BCUT2D eigenvalue weighted by Gasteiger charge is -2.30. The average Bonchev–Trinajstić information content (AvgIpc) is 2.07. The largest absolute Gasteiger partial charge is 0.461 e. The van der Waals surface area contributed by atoms with E-state index in [9.17, 15) is 4.79 Å². The van der Waals surface area contributed by atoms with Gasteiger partial charge in [-0.3, -0.25) is 4.79 Å². The van der Waals surface area contributed by atoms with Gasteiger partial charge >= 0.3 is 5.97 Å². The molecule has 1 aliphatic heterocycles. The molecule has 0 aliphatic carbocycles. The van der Waals surface area contributed by atoms with Crippen LogP contribution in [0, 0.1) is 5.92 Å². The number of hydrogen-bond acceptors (Lipinski definition) is 2. The molecule has 1 aliphatic rings. The second-order valence-electron chi connectivity index (χ2n) is 4.06. The summed E-state index contributed by atoms with van der Waals surface area (Å²) in [5.41, 5.74) is 0. The maximum absolute atomic E-state index is 10.6. The Balaban J connectivity index is 1.98. The van der Waals surface area contributed by atoms with E-state index >= 15 is 0 Å². The van der Waals surface area contributed by atoms with Crippen molar-refractivity contribution in [3.63, 3.8) is 0 Å². The maximum atomic E-state index is 10.6. The van der Waals surface area contributed by atoms with Gasteiger partial charge in [-0.1, -0.05) is 39.5 Å². The number of rotatable bonds is 6. The Morgan fingerprint density at radius 1 is 1.46 bits per heavy atom. The summed E-state index contributed by atoms with van der Waals surface area (Å²) in [6.07, 6.45) is 7.30. The van der Waals surface area contributed by atoms with Crippen molar-refractivity contribution in [2.45, 2.75) is 58.5 Å². The lowest BCUT2D eigenvalue weighted by atomic mass is 9.92. The molecule has 1 heterocycles. The summed E-state index contributed by atoms with van der Waals surface area (Å²) in [6, 6.07) is 0.